The first-order valence-corrected chi connectivity index (χ1v) is 4.43. The molecule has 1 aromatic carbocycles. The molecule has 0 heterocycles. The van der Waals surface area contributed by atoms with E-state index in [1.54, 1.807) is 24.3 Å². The number of carbonyl (C=O) groups excluding carboxylic acids is 1. The van der Waals surface area contributed by atoms with E-state index in [1.807, 2.05) is 0 Å². The van der Waals surface area contributed by atoms with E-state index in [-0.39, 0.29) is 5.91 Å². The number of hydrogen-bond acceptors (Lipinski definition) is 3. The van der Waals surface area contributed by atoms with Gasteiger partial charge >= 0.3 is 0 Å². The minimum absolute atomic E-state index is 0.340. The Morgan fingerprint density at radius 1 is 1.43 bits per heavy atom. The second-order valence-electron chi connectivity index (χ2n) is 2.98. The summed E-state index contributed by atoms with van der Waals surface area (Å²) in [5, 5.41) is 1.58. The number of likely N-dealkylation sites (N-methyl/N-ethyl adjacent to an activating group) is 1. The van der Waals surface area contributed by atoms with Gasteiger partial charge in [-0.1, -0.05) is 23.7 Å². The number of nitrogens with two attached hydrogens (primary N) is 2. The molecule has 76 valence electrons. The third kappa shape index (κ3) is 2.45. The maximum Gasteiger partial charge on any atom is 0.257 e. The van der Waals surface area contributed by atoms with Crippen LogP contribution in [0.25, 0.3) is 0 Å². The summed E-state index contributed by atoms with van der Waals surface area (Å²) < 4.78 is 0. The molecule has 0 aliphatic rings. The van der Waals surface area contributed by atoms with E-state index in [0.717, 1.165) is 5.01 Å². The Hall–Kier alpha value is -1.10. The molecule has 0 fully saturated rings. The van der Waals surface area contributed by atoms with E-state index in [2.05, 4.69) is 0 Å². The van der Waals surface area contributed by atoms with Gasteiger partial charge in [-0.15, -0.1) is 0 Å². The van der Waals surface area contributed by atoms with Crippen LogP contribution in [0.1, 0.15) is 11.6 Å². The van der Waals surface area contributed by atoms with E-state index >= 15 is 0 Å². The van der Waals surface area contributed by atoms with E-state index < -0.39 is 6.04 Å². The molecule has 0 aromatic heterocycles. The van der Waals surface area contributed by atoms with E-state index in [0.29, 0.717) is 10.6 Å². The number of hydrazine groups is 1. The van der Waals surface area contributed by atoms with Gasteiger partial charge in [-0.05, 0) is 17.7 Å². The fraction of sp³-hybridized carbons (Fsp3) is 0.222. The quantitative estimate of drug-likeness (QED) is 0.431. The molecule has 1 amide bonds. The maximum atomic E-state index is 11.4. The first-order chi connectivity index (χ1) is 6.52. The highest BCUT2D eigenvalue weighted by atomic mass is 35.5. The molecule has 1 unspecified atom stereocenters. The molecular formula is C9H12ClN3O. The molecule has 4 N–H and O–H groups in total. The van der Waals surface area contributed by atoms with Gasteiger partial charge in [0.1, 0.15) is 6.04 Å². The number of carbonyl (C=O) groups is 1. The lowest BCUT2D eigenvalue weighted by molar-refractivity contribution is -0.131. The van der Waals surface area contributed by atoms with Crippen LogP contribution in [0.4, 0.5) is 0 Å². The van der Waals surface area contributed by atoms with Crippen molar-refractivity contribution in [2.24, 2.45) is 11.6 Å². The van der Waals surface area contributed by atoms with Gasteiger partial charge in [0, 0.05) is 12.1 Å². The number of rotatable bonds is 2. The van der Waals surface area contributed by atoms with Crippen molar-refractivity contribution < 1.29 is 4.79 Å². The number of amides is 1. The number of benzene rings is 1. The molecule has 0 aliphatic heterocycles. The van der Waals surface area contributed by atoms with Crippen molar-refractivity contribution >= 4 is 17.5 Å². The molecule has 0 spiro atoms. The molecule has 4 nitrogen and oxygen atoms in total. The molecule has 1 atom stereocenters. The molecule has 0 bridgehead atoms. The molecule has 0 saturated carbocycles. The zero-order chi connectivity index (χ0) is 10.7. The van der Waals surface area contributed by atoms with Gasteiger partial charge in [-0.3, -0.25) is 9.80 Å². The smallest absolute Gasteiger partial charge is 0.257 e. The predicted octanol–water partition coefficient (Wildman–Crippen LogP) is 0.672. The summed E-state index contributed by atoms with van der Waals surface area (Å²) in [6.45, 7) is 0. The third-order valence-electron chi connectivity index (χ3n) is 1.84. The van der Waals surface area contributed by atoms with Crippen LogP contribution in [-0.4, -0.2) is 18.0 Å². The van der Waals surface area contributed by atoms with Crippen molar-refractivity contribution in [2.45, 2.75) is 6.04 Å². The van der Waals surface area contributed by atoms with Crippen molar-refractivity contribution in [3.8, 4) is 0 Å². The zero-order valence-corrected chi connectivity index (χ0v) is 8.53. The van der Waals surface area contributed by atoms with Crippen molar-refractivity contribution in [1.29, 1.82) is 0 Å². The summed E-state index contributed by atoms with van der Waals surface area (Å²) in [5.41, 5.74) is 6.37. The van der Waals surface area contributed by atoms with Crippen molar-refractivity contribution in [3.05, 3.63) is 34.9 Å². The summed E-state index contributed by atoms with van der Waals surface area (Å²) in [6.07, 6.45) is 0. The third-order valence-corrected chi connectivity index (χ3v) is 2.09. The fourth-order valence-electron chi connectivity index (χ4n) is 1.03. The molecule has 0 saturated heterocycles. The maximum absolute atomic E-state index is 11.4. The minimum atomic E-state index is -0.734. The van der Waals surface area contributed by atoms with Crippen molar-refractivity contribution in [3.63, 3.8) is 0 Å². The second-order valence-corrected chi connectivity index (χ2v) is 3.41. The van der Waals surface area contributed by atoms with Crippen LogP contribution in [0.3, 0.4) is 0 Å². The highest BCUT2D eigenvalue weighted by molar-refractivity contribution is 6.30. The van der Waals surface area contributed by atoms with Crippen LogP contribution in [0.5, 0.6) is 0 Å². The molecule has 1 rings (SSSR count). The Bertz CT molecular complexity index is 323. The first-order valence-electron chi connectivity index (χ1n) is 4.05. The summed E-state index contributed by atoms with van der Waals surface area (Å²) >= 11 is 5.70. The van der Waals surface area contributed by atoms with Crippen LogP contribution in [0, 0.1) is 0 Å². The second kappa shape index (κ2) is 4.41. The summed E-state index contributed by atoms with van der Waals surface area (Å²) in [6, 6.07) is 6.03. The van der Waals surface area contributed by atoms with Crippen LogP contribution < -0.4 is 11.6 Å². The van der Waals surface area contributed by atoms with Gasteiger partial charge in [0.2, 0.25) is 0 Å². The Labute approximate surface area is 87.4 Å². The highest BCUT2D eigenvalue weighted by Crippen LogP contribution is 2.15. The van der Waals surface area contributed by atoms with Gasteiger partial charge in [0.15, 0.2) is 0 Å². The predicted molar refractivity (Wildman–Crippen MR) is 55.3 cm³/mol. The molecule has 1 aromatic rings. The largest absolute Gasteiger partial charge is 0.316 e. The molecule has 14 heavy (non-hydrogen) atoms. The minimum Gasteiger partial charge on any atom is -0.316 e. The van der Waals surface area contributed by atoms with Gasteiger partial charge in [-0.25, -0.2) is 5.84 Å². The normalized spacial score (nSPS) is 12.3. The summed E-state index contributed by atoms with van der Waals surface area (Å²) in [7, 11) is 1.46. The summed E-state index contributed by atoms with van der Waals surface area (Å²) in [4.78, 5) is 11.4. The van der Waals surface area contributed by atoms with E-state index in [9.17, 15) is 4.79 Å². The average Bonchev–Trinajstić information content (AvgIpc) is 2.16. The standard InChI is InChI=1S/C9H12ClN3O/c1-13(12)9(14)8(11)6-2-4-7(10)5-3-6/h2-5,8H,11-12H2,1H3. The lowest BCUT2D eigenvalue weighted by Gasteiger charge is -2.16. The number of halogens is 1. The topological polar surface area (TPSA) is 72.3 Å². The number of nitrogens with zero attached hydrogens (tertiary/aromatic N) is 1. The molecule has 0 aliphatic carbocycles. The lowest BCUT2D eigenvalue weighted by Crippen LogP contribution is -2.40. The van der Waals surface area contributed by atoms with Crippen LogP contribution in [-0.2, 0) is 4.79 Å². The van der Waals surface area contributed by atoms with Crippen molar-refractivity contribution in [1.82, 2.24) is 5.01 Å². The van der Waals surface area contributed by atoms with Gasteiger partial charge in [-0.2, -0.15) is 0 Å². The van der Waals surface area contributed by atoms with Crippen LogP contribution in [0.15, 0.2) is 24.3 Å². The Morgan fingerprint density at radius 3 is 2.36 bits per heavy atom. The van der Waals surface area contributed by atoms with Gasteiger partial charge in [0.05, 0.1) is 0 Å². The monoisotopic (exact) mass is 213 g/mol. The summed E-state index contributed by atoms with van der Waals surface area (Å²) in [5.74, 6) is 4.94. The Morgan fingerprint density at radius 2 is 1.93 bits per heavy atom. The average molecular weight is 214 g/mol. The van der Waals surface area contributed by atoms with E-state index in [4.69, 9.17) is 23.2 Å². The van der Waals surface area contributed by atoms with Crippen molar-refractivity contribution in [2.75, 3.05) is 7.05 Å². The highest BCUT2D eigenvalue weighted by Gasteiger charge is 2.17. The SMILES string of the molecule is CN(N)C(=O)C(N)c1ccc(Cl)cc1. The molecule has 0 radical (unpaired) electrons. The number of hydrogen-bond donors (Lipinski definition) is 2. The first kappa shape index (κ1) is 11.0. The Balaban J connectivity index is 2.84. The van der Waals surface area contributed by atoms with Crippen LogP contribution in [0.2, 0.25) is 5.02 Å². The van der Waals surface area contributed by atoms with Gasteiger partial charge < -0.3 is 5.73 Å². The zero-order valence-electron chi connectivity index (χ0n) is 7.77. The molecular weight excluding hydrogens is 202 g/mol. The van der Waals surface area contributed by atoms with E-state index in [1.165, 1.54) is 7.05 Å². The van der Waals surface area contributed by atoms with Crippen LogP contribution >= 0.6 is 11.6 Å². The van der Waals surface area contributed by atoms with Gasteiger partial charge in [0.25, 0.3) is 5.91 Å². The molecule has 5 heteroatoms. The Kier molecular flexibility index (Phi) is 3.46. The lowest BCUT2D eigenvalue weighted by atomic mass is 10.1. The fourth-order valence-corrected chi connectivity index (χ4v) is 1.16.